The predicted molar refractivity (Wildman–Crippen MR) is 298 cm³/mol. The third-order valence-electron chi connectivity index (χ3n) is 12.5. The lowest BCUT2D eigenvalue weighted by Crippen LogP contribution is -2.59. The van der Waals surface area contributed by atoms with Crippen LogP contribution in [0.5, 0.6) is 11.5 Å². The summed E-state index contributed by atoms with van der Waals surface area (Å²) in [6.45, 7) is 43.4. The van der Waals surface area contributed by atoms with E-state index in [4.69, 9.17) is 50.8 Å². The minimum absolute atomic E-state index is 0.00416. The molecule has 0 heterocycles. The van der Waals surface area contributed by atoms with Crippen LogP contribution >= 0.6 is 15.0 Å². The molecule has 2 aromatic rings. The Hall–Kier alpha value is -1.51. The van der Waals surface area contributed by atoms with Crippen molar-refractivity contribution >= 4 is 31.6 Å². The summed E-state index contributed by atoms with van der Waals surface area (Å²) in [4.78, 5) is 4.36. The molecule has 0 bridgehead atoms. The Morgan fingerprint density at radius 1 is 0.514 bits per heavy atom. The summed E-state index contributed by atoms with van der Waals surface area (Å²) in [6, 6.07) is 14.4. The second kappa shape index (κ2) is 28.2. The second-order valence-electron chi connectivity index (χ2n) is 24.8. The van der Waals surface area contributed by atoms with Gasteiger partial charge in [0.25, 0.3) is 0 Å². The van der Waals surface area contributed by atoms with E-state index in [9.17, 15) is 0 Å². The number of hydrogen-bond acceptors (Lipinski definition) is 15. The van der Waals surface area contributed by atoms with Gasteiger partial charge in [-0.2, -0.15) is 0 Å². The number of hydrogen-bond donors (Lipinski definition) is 0. The number of para-hydroxylation sites is 2. The van der Waals surface area contributed by atoms with E-state index in [1.165, 1.54) is 0 Å². The van der Waals surface area contributed by atoms with Crippen LogP contribution in [0.15, 0.2) is 48.5 Å². The van der Waals surface area contributed by atoms with Crippen molar-refractivity contribution in [2.24, 2.45) is 0 Å². The van der Waals surface area contributed by atoms with Crippen LogP contribution in [0.1, 0.15) is 115 Å². The molecule has 72 heavy (non-hydrogen) atoms. The van der Waals surface area contributed by atoms with Crippen LogP contribution in [0.2, 0.25) is 36.3 Å². The van der Waals surface area contributed by atoms with Gasteiger partial charge in [0.05, 0.1) is 74.8 Å². The van der Waals surface area contributed by atoms with Crippen LogP contribution in [0, 0.1) is 0 Å². The van der Waals surface area contributed by atoms with Crippen molar-refractivity contribution in [2.75, 3.05) is 86.7 Å². The van der Waals surface area contributed by atoms with Gasteiger partial charge in [0.2, 0.25) is 7.37 Å². The van der Waals surface area contributed by atoms with Gasteiger partial charge in [-0.3, -0.25) is 18.9 Å². The molecule has 1 unspecified atom stereocenters. The molecule has 0 aliphatic heterocycles. The van der Waals surface area contributed by atoms with Crippen molar-refractivity contribution in [3.05, 3.63) is 59.7 Å². The van der Waals surface area contributed by atoms with E-state index in [2.05, 4.69) is 77.5 Å². The molecule has 0 amide bonds. The van der Waals surface area contributed by atoms with Crippen molar-refractivity contribution in [1.82, 2.24) is 9.80 Å². The molecule has 0 spiro atoms. The van der Waals surface area contributed by atoms with Crippen LogP contribution in [-0.4, -0.2) is 142 Å². The van der Waals surface area contributed by atoms with E-state index in [-0.39, 0.29) is 62.5 Å². The zero-order valence-corrected chi connectivity index (χ0v) is 52.6. The smallest absolute Gasteiger partial charge is 0.345 e. The first kappa shape index (κ1) is 66.6. The summed E-state index contributed by atoms with van der Waals surface area (Å²) < 4.78 is 100. The van der Waals surface area contributed by atoms with E-state index in [1.807, 2.05) is 111 Å². The van der Waals surface area contributed by atoms with Crippen molar-refractivity contribution < 1.29 is 60.0 Å². The first-order valence-corrected chi connectivity index (χ1v) is 35.2. The Kier molecular flexibility index (Phi) is 26.1. The summed E-state index contributed by atoms with van der Waals surface area (Å²) in [7, 11) is -9.25. The van der Waals surface area contributed by atoms with Gasteiger partial charge < -0.3 is 50.8 Å². The number of methoxy groups -OCH3 is 2. The minimum Gasteiger partial charge on any atom is -0.467 e. The Bertz CT molecular complexity index is 1970. The topological polar surface area (TPSA) is 142 Å². The maximum absolute atomic E-state index is 15.9. The van der Waals surface area contributed by atoms with Crippen LogP contribution in [0.4, 0.5) is 0 Å². The maximum atomic E-state index is 15.9. The predicted octanol–water partition coefficient (Wildman–Crippen LogP) is 13.2. The highest BCUT2D eigenvalue weighted by atomic mass is 31.2. The van der Waals surface area contributed by atoms with Gasteiger partial charge in [-0.25, -0.2) is 0 Å². The molecule has 0 aromatic heterocycles. The molecule has 0 radical (unpaired) electrons. The van der Waals surface area contributed by atoms with Gasteiger partial charge in [-0.15, -0.1) is 0 Å². The Morgan fingerprint density at radius 3 is 1.19 bits per heavy atom. The highest BCUT2D eigenvalue weighted by Crippen LogP contribution is 2.56. The maximum Gasteiger partial charge on any atom is 0.345 e. The highest BCUT2D eigenvalue weighted by Gasteiger charge is 2.47. The highest BCUT2D eigenvalue weighted by molar-refractivity contribution is 7.58. The normalized spacial score (nSPS) is 15.5. The van der Waals surface area contributed by atoms with Gasteiger partial charge in [0.1, 0.15) is 17.8 Å². The number of nitrogens with zero attached hydrogens (tertiary/aromatic N) is 2. The van der Waals surface area contributed by atoms with Gasteiger partial charge in [-0.05, 0) is 111 Å². The Morgan fingerprint density at radius 2 is 0.861 bits per heavy atom. The molecule has 418 valence electrons. The molecule has 3 atom stereocenters. The van der Waals surface area contributed by atoms with Crippen molar-refractivity contribution in [1.29, 1.82) is 0 Å². The van der Waals surface area contributed by atoms with Crippen molar-refractivity contribution in [3.63, 3.8) is 0 Å². The second-order valence-corrected chi connectivity index (χ2v) is 38.8. The monoisotopic (exact) mass is 1090 g/mol. The van der Waals surface area contributed by atoms with E-state index in [0.717, 1.165) is 11.1 Å². The fourth-order valence-corrected chi connectivity index (χ4v) is 14.0. The standard InChI is InChI=1S/C53H100N2O13P2Si2/c1-49(2,3)66-69(18,56)39-54(35-43-27-23-25-29-47(43)62-41-60-33-31-58-16)45(37-64-71(19,20)52(10,11)12)46(38-65-72(21,22)53(13,14)15)55(40-70(57,67-50(4,5)6)68-51(7,8)9)36-44-28-24-26-30-48(44)63-42-61-34-32-59-17/h23-30,45-46H,31-42H2,1-22H3/t45-,46-,69?/m0/s1. The van der Waals surface area contributed by atoms with Gasteiger partial charge in [0, 0.05) is 45.1 Å². The van der Waals surface area contributed by atoms with Crippen molar-refractivity contribution in [2.45, 2.75) is 182 Å². The molecule has 0 saturated heterocycles. The largest absolute Gasteiger partial charge is 0.467 e. The minimum atomic E-state index is -4.04. The average molecular weight is 1090 g/mol. The van der Waals surface area contributed by atoms with E-state index in [0.29, 0.717) is 37.9 Å². The third-order valence-corrected chi connectivity index (χ3v) is 25.6. The SMILES string of the molecule is COCCOCOc1ccccc1CN(CP(C)(=O)OC(C)(C)C)[C@@H](CO[Si](C)(C)C(C)(C)C)[C@H](CO[Si](C)(C)C(C)(C)C)N(Cc1ccccc1OCOCCOC)CP(=O)(OC(C)(C)C)OC(C)(C)C. The molecule has 0 aliphatic rings. The summed E-state index contributed by atoms with van der Waals surface area (Å²) in [5.74, 6) is 1.20. The first-order chi connectivity index (χ1) is 32.8. The number of benzene rings is 2. The van der Waals surface area contributed by atoms with Crippen LogP contribution in [0.25, 0.3) is 0 Å². The fraction of sp³-hybridized carbons (Fsp3) is 0.774. The fourth-order valence-electron chi connectivity index (χ4n) is 7.16. The first-order valence-electron chi connectivity index (χ1n) is 25.4. The molecule has 0 saturated carbocycles. The Labute approximate surface area is 439 Å². The zero-order valence-electron chi connectivity index (χ0n) is 48.9. The molecular weight excluding hydrogens is 991 g/mol. The summed E-state index contributed by atoms with van der Waals surface area (Å²) in [5.41, 5.74) is -0.788. The summed E-state index contributed by atoms with van der Waals surface area (Å²) in [5, 5.41) is -0.327. The van der Waals surface area contributed by atoms with Gasteiger partial charge >= 0.3 is 7.60 Å². The molecule has 0 fully saturated rings. The van der Waals surface area contributed by atoms with E-state index >= 15 is 9.13 Å². The third kappa shape index (κ3) is 24.7. The summed E-state index contributed by atoms with van der Waals surface area (Å²) in [6.07, 6.45) is -0.108. The molecule has 19 heteroatoms. The van der Waals surface area contributed by atoms with Crippen LogP contribution in [-0.2, 0) is 63.6 Å². The zero-order chi connectivity index (χ0) is 55.0. The van der Waals surface area contributed by atoms with Gasteiger partial charge in [-0.1, -0.05) is 77.9 Å². The van der Waals surface area contributed by atoms with Crippen LogP contribution < -0.4 is 9.47 Å². The lowest BCUT2D eigenvalue weighted by molar-refractivity contribution is -0.0115. The molecule has 2 rings (SSSR count). The number of ether oxygens (including phenoxy) is 6. The lowest BCUT2D eigenvalue weighted by atomic mass is 10.0. The molecule has 2 aromatic carbocycles. The summed E-state index contributed by atoms with van der Waals surface area (Å²) >= 11 is 0. The quantitative estimate of drug-likeness (QED) is 0.0297. The molecular formula is C53H100N2O13P2Si2. The van der Waals surface area contributed by atoms with Gasteiger partial charge in [0.15, 0.2) is 30.2 Å². The number of rotatable bonds is 32. The Balaban J connectivity index is 3.25. The average Bonchev–Trinajstić information content (AvgIpc) is 3.19. The van der Waals surface area contributed by atoms with Crippen molar-refractivity contribution in [3.8, 4) is 11.5 Å². The molecule has 15 nitrogen and oxygen atoms in total. The molecule has 0 N–H and O–H groups in total. The van der Waals surface area contributed by atoms with Crippen LogP contribution in [0.3, 0.4) is 0 Å². The van der Waals surface area contributed by atoms with E-state index < -0.39 is 60.5 Å². The molecule has 0 aliphatic carbocycles. The lowest BCUT2D eigenvalue weighted by Gasteiger charge is -2.47. The van der Waals surface area contributed by atoms with E-state index in [1.54, 1.807) is 20.9 Å².